The van der Waals surface area contributed by atoms with Crippen molar-refractivity contribution in [2.75, 3.05) is 5.73 Å². The van der Waals surface area contributed by atoms with Crippen LogP contribution in [0.15, 0.2) is 48.5 Å². The van der Waals surface area contributed by atoms with Crippen molar-refractivity contribution < 1.29 is 0 Å². The van der Waals surface area contributed by atoms with Crippen molar-refractivity contribution in [3.63, 3.8) is 0 Å². The number of nitrogens with zero attached hydrogens (tertiary/aromatic N) is 2. The maximum Gasteiger partial charge on any atom is 0.162 e. The lowest BCUT2D eigenvalue weighted by Crippen LogP contribution is -1.98. The Kier molecular flexibility index (Phi) is 2.45. The Labute approximate surface area is 105 Å². The molecule has 0 aliphatic heterocycles. The Hall–Kier alpha value is -2.42. The number of hydrogen-bond donors (Lipinski definition) is 1. The van der Waals surface area contributed by atoms with E-state index in [1.807, 2.05) is 55.5 Å². The van der Waals surface area contributed by atoms with Crippen molar-refractivity contribution in [1.29, 1.82) is 0 Å². The van der Waals surface area contributed by atoms with E-state index in [2.05, 4.69) is 9.97 Å². The van der Waals surface area contributed by atoms with Gasteiger partial charge in [-0.1, -0.05) is 42.5 Å². The molecule has 3 aromatic rings. The van der Waals surface area contributed by atoms with Gasteiger partial charge in [-0.3, -0.25) is 0 Å². The molecule has 1 heterocycles. The number of nitrogens with two attached hydrogens (primary N) is 1. The van der Waals surface area contributed by atoms with Crippen LogP contribution in [0, 0.1) is 6.92 Å². The van der Waals surface area contributed by atoms with Gasteiger partial charge in [-0.25, -0.2) is 9.97 Å². The molecule has 0 amide bonds. The summed E-state index contributed by atoms with van der Waals surface area (Å²) in [6.45, 7) is 2.02. The summed E-state index contributed by atoms with van der Waals surface area (Å²) < 4.78 is 0. The molecule has 0 bridgehead atoms. The molecular formula is C15H13N3. The van der Waals surface area contributed by atoms with Crippen LogP contribution >= 0.6 is 0 Å². The Morgan fingerprint density at radius 3 is 2.44 bits per heavy atom. The Morgan fingerprint density at radius 1 is 0.889 bits per heavy atom. The van der Waals surface area contributed by atoms with E-state index in [4.69, 9.17) is 5.73 Å². The highest BCUT2D eigenvalue weighted by molar-refractivity contribution is 5.92. The van der Waals surface area contributed by atoms with Gasteiger partial charge in [0.25, 0.3) is 0 Å². The minimum absolute atomic E-state index is 0.539. The van der Waals surface area contributed by atoms with Crippen molar-refractivity contribution in [1.82, 2.24) is 9.97 Å². The van der Waals surface area contributed by atoms with E-state index in [1.54, 1.807) is 0 Å². The fourth-order valence-electron chi connectivity index (χ4n) is 2.10. The average Bonchev–Trinajstić information content (AvgIpc) is 2.39. The Bertz CT molecular complexity index is 706. The van der Waals surface area contributed by atoms with Crippen LogP contribution in [0.5, 0.6) is 0 Å². The number of rotatable bonds is 1. The fourth-order valence-corrected chi connectivity index (χ4v) is 2.10. The molecule has 88 valence electrons. The van der Waals surface area contributed by atoms with E-state index in [-0.39, 0.29) is 0 Å². The molecule has 0 saturated heterocycles. The van der Waals surface area contributed by atoms with Gasteiger partial charge in [-0.15, -0.1) is 0 Å². The van der Waals surface area contributed by atoms with Gasteiger partial charge in [0.05, 0.1) is 5.52 Å². The lowest BCUT2D eigenvalue weighted by Gasteiger charge is -2.07. The van der Waals surface area contributed by atoms with Crippen LogP contribution in [0.2, 0.25) is 0 Å². The minimum atomic E-state index is 0.539. The summed E-state index contributed by atoms with van der Waals surface area (Å²) in [7, 11) is 0. The topological polar surface area (TPSA) is 51.8 Å². The predicted molar refractivity (Wildman–Crippen MR) is 74.1 cm³/mol. The molecule has 18 heavy (non-hydrogen) atoms. The van der Waals surface area contributed by atoms with Crippen LogP contribution in [-0.4, -0.2) is 9.97 Å². The molecule has 0 aliphatic rings. The summed E-state index contributed by atoms with van der Waals surface area (Å²) in [4.78, 5) is 8.98. The normalized spacial score (nSPS) is 10.7. The van der Waals surface area contributed by atoms with Crippen LogP contribution in [0.1, 0.15) is 5.56 Å². The van der Waals surface area contributed by atoms with Crippen molar-refractivity contribution in [3.05, 3.63) is 54.1 Å². The monoisotopic (exact) mass is 235 g/mol. The van der Waals surface area contributed by atoms with Gasteiger partial charge in [0, 0.05) is 10.9 Å². The number of anilines is 1. The molecule has 0 aliphatic carbocycles. The summed E-state index contributed by atoms with van der Waals surface area (Å²) in [6.07, 6.45) is 0. The largest absolute Gasteiger partial charge is 0.383 e. The molecule has 0 radical (unpaired) electrons. The third-order valence-electron chi connectivity index (χ3n) is 2.99. The van der Waals surface area contributed by atoms with Crippen LogP contribution in [0.25, 0.3) is 22.3 Å². The van der Waals surface area contributed by atoms with Gasteiger partial charge in [0.1, 0.15) is 5.82 Å². The van der Waals surface area contributed by atoms with Crippen LogP contribution < -0.4 is 5.73 Å². The molecule has 3 heteroatoms. The SMILES string of the molecule is Cc1cccc2nc(-c3ccccc3)nc(N)c12. The van der Waals surface area contributed by atoms with E-state index in [9.17, 15) is 0 Å². The molecule has 0 atom stereocenters. The third-order valence-corrected chi connectivity index (χ3v) is 2.99. The molecule has 1 aromatic heterocycles. The number of aromatic nitrogens is 2. The summed E-state index contributed by atoms with van der Waals surface area (Å²) in [5.41, 5.74) is 9.01. The highest BCUT2D eigenvalue weighted by Crippen LogP contribution is 2.25. The van der Waals surface area contributed by atoms with Crippen molar-refractivity contribution in [3.8, 4) is 11.4 Å². The molecule has 0 unspecified atom stereocenters. The molecule has 2 N–H and O–H groups in total. The van der Waals surface area contributed by atoms with Crippen molar-refractivity contribution in [2.24, 2.45) is 0 Å². The van der Waals surface area contributed by atoms with Gasteiger partial charge < -0.3 is 5.73 Å². The number of nitrogen functional groups attached to an aromatic ring is 1. The highest BCUT2D eigenvalue weighted by Gasteiger charge is 2.08. The van der Waals surface area contributed by atoms with Gasteiger partial charge in [0.15, 0.2) is 5.82 Å². The smallest absolute Gasteiger partial charge is 0.162 e. The number of aryl methyl sites for hydroxylation is 1. The fraction of sp³-hybridized carbons (Fsp3) is 0.0667. The summed E-state index contributed by atoms with van der Waals surface area (Å²) in [6, 6.07) is 15.8. The lowest BCUT2D eigenvalue weighted by molar-refractivity contribution is 1.23. The van der Waals surface area contributed by atoms with E-state index in [0.717, 1.165) is 22.0 Å². The first kappa shape index (κ1) is 10.7. The van der Waals surface area contributed by atoms with Crippen LogP contribution in [0.3, 0.4) is 0 Å². The predicted octanol–water partition coefficient (Wildman–Crippen LogP) is 3.19. The summed E-state index contributed by atoms with van der Waals surface area (Å²) in [5, 5.41) is 0.942. The van der Waals surface area contributed by atoms with E-state index in [1.165, 1.54) is 0 Å². The van der Waals surface area contributed by atoms with Gasteiger partial charge in [-0.2, -0.15) is 0 Å². The second-order valence-electron chi connectivity index (χ2n) is 4.27. The zero-order valence-electron chi connectivity index (χ0n) is 10.1. The molecular weight excluding hydrogens is 222 g/mol. The second kappa shape index (κ2) is 4.11. The quantitative estimate of drug-likeness (QED) is 0.704. The number of hydrogen-bond acceptors (Lipinski definition) is 3. The molecule has 3 nitrogen and oxygen atoms in total. The number of benzene rings is 2. The van der Waals surface area contributed by atoms with Crippen molar-refractivity contribution >= 4 is 16.7 Å². The summed E-state index contributed by atoms with van der Waals surface area (Å²) >= 11 is 0. The molecule has 3 rings (SSSR count). The zero-order valence-corrected chi connectivity index (χ0v) is 10.1. The Morgan fingerprint density at radius 2 is 1.67 bits per heavy atom. The van der Waals surface area contributed by atoms with E-state index in [0.29, 0.717) is 11.6 Å². The summed E-state index contributed by atoms with van der Waals surface area (Å²) in [5.74, 6) is 1.21. The van der Waals surface area contributed by atoms with E-state index < -0.39 is 0 Å². The average molecular weight is 235 g/mol. The molecule has 0 spiro atoms. The molecule has 2 aromatic carbocycles. The van der Waals surface area contributed by atoms with Gasteiger partial charge in [-0.05, 0) is 18.6 Å². The Balaban J connectivity index is 2.29. The first-order valence-corrected chi connectivity index (χ1v) is 5.84. The first-order valence-electron chi connectivity index (χ1n) is 5.84. The standard InChI is InChI=1S/C15H13N3/c1-10-6-5-9-12-13(10)14(16)18-15(17-12)11-7-3-2-4-8-11/h2-9H,1H3,(H2,16,17,18). The minimum Gasteiger partial charge on any atom is -0.383 e. The van der Waals surface area contributed by atoms with Crippen molar-refractivity contribution in [2.45, 2.75) is 6.92 Å². The van der Waals surface area contributed by atoms with E-state index >= 15 is 0 Å². The number of fused-ring (bicyclic) bond motifs is 1. The maximum atomic E-state index is 6.04. The highest BCUT2D eigenvalue weighted by atomic mass is 14.9. The zero-order chi connectivity index (χ0) is 12.5. The third kappa shape index (κ3) is 1.70. The first-order chi connectivity index (χ1) is 8.75. The van der Waals surface area contributed by atoms with Gasteiger partial charge in [0.2, 0.25) is 0 Å². The van der Waals surface area contributed by atoms with Crippen LogP contribution in [0.4, 0.5) is 5.82 Å². The lowest BCUT2D eigenvalue weighted by atomic mass is 10.1. The van der Waals surface area contributed by atoms with Gasteiger partial charge >= 0.3 is 0 Å². The maximum absolute atomic E-state index is 6.04. The second-order valence-corrected chi connectivity index (χ2v) is 4.27. The molecule has 0 fully saturated rings. The molecule has 0 saturated carbocycles. The van der Waals surface area contributed by atoms with Crippen LogP contribution in [-0.2, 0) is 0 Å².